The van der Waals surface area contributed by atoms with E-state index in [1.54, 1.807) is 0 Å². The van der Waals surface area contributed by atoms with Crippen molar-refractivity contribution in [3.05, 3.63) is 72.8 Å². The zero-order chi connectivity index (χ0) is 12.5. The predicted octanol–water partition coefficient (Wildman–Crippen LogP) is 5.92. The molecule has 0 heterocycles. The van der Waals surface area contributed by atoms with Crippen LogP contribution in [0.2, 0.25) is 0 Å². The maximum atomic E-state index is 2.00. The Morgan fingerprint density at radius 2 is 0.375 bits per heavy atom. The van der Waals surface area contributed by atoms with Crippen molar-refractivity contribution in [2.75, 3.05) is 0 Å². The first kappa shape index (κ1) is 16.9. The molecule has 2 rings (SSSR count). The molecule has 0 saturated heterocycles. The fourth-order valence-corrected chi connectivity index (χ4v) is 0.770. The second kappa shape index (κ2) is 19.1. The third-order valence-electron chi connectivity index (χ3n) is 1.33. The van der Waals surface area contributed by atoms with Gasteiger partial charge in [0.05, 0.1) is 0 Å². The summed E-state index contributed by atoms with van der Waals surface area (Å²) >= 11 is 0. The Bertz CT molecular complexity index is 184. The SMILES string of the molecule is CC.CC.[2HH].[2HH].c1ccccc1.c1ccccc1. The van der Waals surface area contributed by atoms with Crippen molar-refractivity contribution < 1.29 is 2.85 Å². The third-order valence-corrected chi connectivity index (χ3v) is 1.33. The van der Waals surface area contributed by atoms with Crippen molar-refractivity contribution in [2.45, 2.75) is 27.7 Å². The highest BCUT2D eigenvalue weighted by Crippen LogP contribution is 1.80. The maximum Gasteiger partial charge on any atom is 0 e. The molecule has 16 heavy (non-hydrogen) atoms. The van der Waals surface area contributed by atoms with Crippen LogP contribution in [0.25, 0.3) is 0 Å². The van der Waals surface area contributed by atoms with Crippen LogP contribution in [-0.2, 0) is 0 Å². The van der Waals surface area contributed by atoms with Gasteiger partial charge in [-0.2, -0.15) is 0 Å². The van der Waals surface area contributed by atoms with Crippen LogP contribution in [-0.4, -0.2) is 0 Å². The largest absolute Gasteiger partial charge is 0.0683 e. The van der Waals surface area contributed by atoms with E-state index in [9.17, 15) is 0 Å². The topological polar surface area (TPSA) is 0 Å². The Balaban J connectivity index is -0.0000000787. The molecule has 0 spiro atoms. The molecule has 0 radical (unpaired) electrons. The van der Waals surface area contributed by atoms with Gasteiger partial charge in [0.25, 0.3) is 0 Å². The van der Waals surface area contributed by atoms with E-state index in [1.807, 2.05) is 100 Å². The first-order valence-electron chi connectivity index (χ1n) is 6.00. The van der Waals surface area contributed by atoms with Crippen molar-refractivity contribution in [1.29, 1.82) is 0 Å². The Labute approximate surface area is 104 Å². The molecule has 0 atom stereocenters. The fourth-order valence-electron chi connectivity index (χ4n) is 0.770. The van der Waals surface area contributed by atoms with Crippen LogP contribution in [0.3, 0.4) is 0 Å². The minimum absolute atomic E-state index is 0. The van der Waals surface area contributed by atoms with E-state index in [0.29, 0.717) is 0 Å². The summed E-state index contributed by atoms with van der Waals surface area (Å²) in [7, 11) is 0. The number of hydrogen-bond donors (Lipinski definition) is 0. The monoisotopic (exact) mass is 222 g/mol. The first-order chi connectivity index (χ1) is 8.00. The van der Waals surface area contributed by atoms with Gasteiger partial charge < -0.3 is 0 Å². The van der Waals surface area contributed by atoms with Crippen LogP contribution >= 0.6 is 0 Å². The van der Waals surface area contributed by atoms with E-state index >= 15 is 0 Å². The molecule has 0 aliphatic heterocycles. The standard InChI is InChI=1S/2C6H6.2C2H6.2H2/c2*1-2-4-6-5-3-1;2*1-2;;/h2*1-6H;2*1-2H3;2*1H/i;;;;2*1+1. The first-order valence-corrected chi connectivity index (χ1v) is 6.00. The van der Waals surface area contributed by atoms with Crippen molar-refractivity contribution in [1.82, 2.24) is 0 Å². The summed E-state index contributed by atoms with van der Waals surface area (Å²) in [6.07, 6.45) is 0. The Kier molecular flexibility index (Phi) is 20.1. The highest BCUT2D eigenvalue weighted by molar-refractivity contribution is 4.99. The minimum Gasteiger partial charge on any atom is -0.0683 e. The molecule has 0 heteroatoms. The van der Waals surface area contributed by atoms with Gasteiger partial charge in [-0.25, -0.2) is 0 Å². The molecule has 0 N–H and O–H groups in total. The molecule has 0 bridgehead atoms. The molecular formula is C16H28. The number of benzene rings is 2. The summed E-state index contributed by atoms with van der Waals surface area (Å²) in [4.78, 5) is 0. The van der Waals surface area contributed by atoms with E-state index in [4.69, 9.17) is 0 Å². The third kappa shape index (κ3) is 14.9. The molecule has 92 valence electrons. The minimum atomic E-state index is 0. The Morgan fingerprint density at radius 3 is 0.438 bits per heavy atom. The molecule has 2 aromatic rings. The second-order valence-corrected chi connectivity index (χ2v) is 2.31. The highest BCUT2D eigenvalue weighted by atomic mass is 13.7. The van der Waals surface area contributed by atoms with Crippen molar-refractivity contribution in [3.8, 4) is 0 Å². The summed E-state index contributed by atoms with van der Waals surface area (Å²) in [6.45, 7) is 8.00. The van der Waals surface area contributed by atoms with Crippen molar-refractivity contribution in [2.24, 2.45) is 0 Å². The van der Waals surface area contributed by atoms with Gasteiger partial charge >= 0.3 is 0 Å². The van der Waals surface area contributed by atoms with Gasteiger partial charge in [-0.1, -0.05) is 100 Å². The van der Waals surface area contributed by atoms with E-state index < -0.39 is 0 Å². The fraction of sp³-hybridized carbons (Fsp3) is 0.250. The number of hydrogen-bond acceptors (Lipinski definition) is 0. The van der Waals surface area contributed by atoms with Crippen molar-refractivity contribution >= 4 is 0 Å². The summed E-state index contributed by atoms with van der Waals surface area (Å²) in [5, 5.41) is 0. The van der Waals surface area contributed by atoms with Crippen LogP contribution in [0.4, 0.5) is 0 Å². The Hall–Kier alpha value is -1.56. The lowest BCUT2D eigenvalue weighted by Gasteiger charge is -1.69. The number of rotatable bonds is 0. The van der Waals surface area contributed by atoms with E-state index in [1.165, 1.54) is 0 Å². The van der Waals surface area contributed by atoms with Crippen LogP contribution < -0.4 is 0 Å². The van der Waals surface area contributed by atoms with E-state index in [-0.39, 0.29) is 2.85 Å². The van der Waals surface area contributed by atoms with Crippen LogP contribution in [0.15, 0.2) is 72.8 Å². The van der Waals surface area contributed by atoms with Gasteiger partial charge in [0, 0.05) is 2.85 Å². The lowest BCUT2D eigenvalue weighted by atomic mass is 10.4. The average Bonchev–Trinajstić information content (AvgIpc) is 2.48. The van der Waals surface area contributed by atoms with Gasteiger partial charge in [-0.05, 0) is 0 Å². The summed E-state index contributed by atoms with van der Waals surface area (Å²) in [6, 6.07) is 24.0. The molecule has 0 nitrogen and oxygen atoms in total. The summed E-state index contributed by atoms with van der Waals surface area (Å²) < 4.78 is 0. The lowest BCUT2D eigenvalue weighted by Crippen LogP contribution is -1.47. The molecule has 2 aromatic carbocycles. The van der Waals surface area contributed by atoms with Crippen LogP contribution in [0, 0.1) is 0 Å². The van der Waals surface area contributed by atoms with Gasteiger partial charge in [0.2, 0.25) is 0 Å². The van der Waals surface area contributed by atoms with Gasteiger partial charge in [0.1, 0.15) is 0 Å². The normalized spacial score (nSPS) is 6.75. The molecular weight excluding hydrogens is 192 g/mol. The van der Waals surface area contributed by atoms with E-state index in [0.717, 1.165) is 0 Å². The smallest absolute Gasteiger partial charge is 0 e. The molecule has 0 amide bonds. The van der Waals surface area contributed by atoms with Gasteiger partial charge in [-0.15, -0.1) is 0 Å². The Morgan fingerprint density at radius 1 is 0.312 bits per heavy atom. The molecule has 0 aliphatic carbocycles. The maximum absolute atomic E-state index is 2.00. The lowest BCUT2D eigenvalue weighted by molar-refractivity contribution is 1.50. The molecule has 0 aliphatic rings. The summed E-state index contributed by atoms with van der Waals surface area (Å²) in [5.41, 5.74) is 0. The molecule has 0 unspecified atom stereocenters. The summed E-state index contributed by atoms with van der Waals surface area (Å²) in [5.74, 6) is 0. The van der Waals surface area contributed by atoms with E-state index in [2.05, 4.69) is 0 Å². The molecule has 0 fully saturated rings. The zero-order valence-electron chi connectivity index (χ0n) is 10.9. The second-order valence-electron chi connectivity index (χ2n) is 2.31. The zero-order valence-corrected chi connectivity index (χ0v) is 10.9. The highest BCUT2D eigenvalue weighted by Gasteiger charge is 1.58. The average molecular weight is 222 g/mol. The van der Waals surface area contributed by atoms with Crippen LogP contribution in [0.5, 0.6) is 0 Å². The van der Waals surface area contributed by atoms with Crippen LogP contribution in [0.1, 0.15) is 30.5 Å². The quantitative estimate of drug-likeness (QED) is 0.519. The van der Waals surface area contributed by atoms with Gasteiger partial charge in [-0.3, -0.25) is 0 Å². The predicted molar refractivity (Wildman–Crippen MR) is 79.8 cm³/mol. The molecule has 0 aromatic heterocycles. The molecule has 0 saturated carbocycles. The van der Waals surface area contributed by atoms with Crippen molar-refractivity contribution in [3.63, 3.8) is 0 Å². The van der Waals surface area contributed by atoms with Gasteiger partial charge in [0.15, 0.2) is 0 Å².